The van der Waals surface area contributed by atoms with Gasteiger partial charge in [0.15, 0.2) is 0 Å². The van der Waals surface area contributed by atoms with Gasteiger partial charge in [-0.2, -0.15) is 0 Å². The van der Waals surface area contributed by atoms with Crippen molar-refractivity contribution in [1.82, 2.24) is 14.8 Å². The van der Waals surface area contributed by atoms with E-state index in [1.165, 1.54) is 17.4 Å². The monoisotopic (exact) mass is 347 g/mol. The largest absolute Gasteiger partial charge is 0.335 e. The molecule has 1 aromatic carbocycles. The van der Waals surface area contributed by atoms with Crippen molar-refractivity contribution in [1.29, 1.82) is 0 Å². The maximum atomic E-state index is 14.0. The Bertz CT molecular complexity index is 736. The lowest BCUT2D eigenvalue weighted by molar-refractivity contribution is 0.0599. The molecule has 0 unspecified atom stereocenters. The van der Waals surface area contributed by atoms with Crippen molar-refractivity contribution in [2.45, 2.75) is 26.8 Å². The van der Waals surface area contributed by atoms with Crippen LogP contribution in [0.1, 0.15) is 29.2 Å². The summed E-state index contributed by atoms with van der Waals surface area (Å²) in [5.41, 5.74) is 1.13. The highest BCUT2D eigenvalue weighted by Crippen LogP contribution is 2.30. The minimum absolute atomic E-state index is 0.0102. The highest BCUT2D eigenvalue weighted by Gasteiger charge is 2.26. The van der Waals surface area contributed by atoms with Gasteiger partial charge in [0.2, 0.25) is 0 Å². The summed E-state index contributed by atoms with van der Waals surface area (Å²) < 4.78 is 14.0. The fourth-order valence-electron chi connectivity index (χ4n) is 2.93. The van der Waals surface area contributed by atoms with E-state index >= 15 is 0 Å². The van der Waals surface area contributed by atoms with Crippen LogP contribution in [0.5, 0.6) is 0 Å². The van der Waals surface area contributed by atoms with E-state index in [0.717, 1.165) is 26.2 Å². The minimum Gasteiger partial charge on any atom is -0.335 e. The van der Waals surface area contributed by atoms with Gasteiger partial charge in [0, 0.05) is 37.8 Å². The number of hydrogen-bond donors (Lipinski definition) is 0. The Morgan fingerprint density at radius 2 is 1.88 bits per heavy atom. The number of aryl methyl sites for hydroxylation is 1. The zero-order valence-electron chi connectivity index (χ0n) is 14.3. The third-order valence-electron chi connectivity index (χ3n) is 4.43. The first-order chi connectivity index (χ1) is 11.5. The van der Waals surface area contributed by atoms with Crippen LogP contribution in [0.25, 0.3) is 10.6 Å². The van der Waals surface area contributed by atoms with Crippen LogP contribution < -0.4 is 0 Å². The van der Waals surface area contributed by atoms with E-state index in [-0.39, 0.29) is 11.7 Å². The molecular formula is C18H22FN3OS. The molecule has 24 heavy (non-hydrogen) atoms. The molecule has 0 aliphatic carbocycles. The van der Waals surface area contributed by atoms with Crippen LogP contribution in [-0.2, 0) is 0 Å². The zero-order valence-corrected chi connectivity index (χ0v) is 15.1. The Morgan fingerprint density at radius 3 is 2.50 bits per heavy atom. The molecule has 1 saturated heterocycles. The molecule has 1 aliphatic heterocycles. The molecule has 0 atom stereocenters. The van der Waals surface area contributed by atoms with Crippen molar-refractivity contribution in [3.63, 3.8) is 0 Å². The molecule has 1 amide bonds. The van der Waals surface area contributed by atoms with E-state index in [1.807, 2.05) is 11.8 Å². The van der Waals surface area contributed by atoms with Crippen molar-refractivity contribution in [2.75, 3.05) is 26.2 Å². The number of nitrogens with zero attached hydrogens (tertiary/aromatic N) is 3. The van der Waals surface area contributed by atoms with Gasteiger partial charge < -0.3 is 4.90 Å². The molecule has 0 N–H and O–H groups in total. The van der Waals surface area contributed by atoms with Gasteiger partial charge >= 0.3 is 0 Å². The molecule has 1 aliphatic rings. The Hall–Kier alpha value is -1.79. The maximum Gasteiger partial charge on any atom is 0.265 e. The lowest BCUT2D eigenvalue weighted by atomic mass is 10.2. The second-order valence-electron chi connectivity index (χ2n) is 6.34. The van der Waals surface area contributed by atoms with Gasteiger partial charge in [0.05, 0.1) is 5.69 Å². The zero-order chi connectivity index (χ0) is 17.3. The summed E-state index contributed by atoms with van der Waals surface area (Å²) >= 11 is 1.28. The molecule has 128 valence electrons. The first-order valence-electron chi connectivity index (χ1n) is 8.23. The molecule has 2 aromatic rings. The van der Waals surface area contributed by atoms with E-state index < -0.39 is 0 Å². The topological polar surface area (TPSA) is 36.4 Å². The van der Waals surface area contributed by atoms with Gasteiger partial charge in [0.1, 0.15) is 15.7 Å². The number of thiazole rings is 1. The number of benzene rings is 1. The Morgan fingerprint density at radius 1 is 1.21 bits per heavy atom. The smallest absolute Gasteiger partial charge is 0.265 e. The normalized spacial score (nSPS) is 16.0. The Labute approximate surface area is 145 Å². The number of aromatic nitrogens is 1. The second-order valence-corrected chi connectivity index (χ2v) is 7.33. The van der Waals surface area contributed by atoms with Crippen LogP contribution >= 0.6 is 11.3 Å². The van der Waals surface area contributed by atoms with Crippen LogP contribution in [0.2, 0.25) is 0 Å². The number of carbonyl (C=O) groups excluding carboxylic acids is 1. The number of rotatable bonds is 3. The predicted molar refractivity (Wildman–Crippen MR) is 94.9 cm³/mol. The quantitative estimate of drug-likeness (QED) is 0.854. The standard InChI is InChI=1S/C18H22FN3OS/c1-12(2)21-8-10-22(11-9-21)18(23)16-13(3)20-17(24-16)14-6-4-5-7-15(14)19/h4-7,12H,8-11H2,1-3H3. The number of carbonyl (C=O) groups is 1. The summed E-state index contributed by atoms with van der Waals surface area (Å²) in [6.45, 7) is 9.39. The van der Waals surface area contributed by atoms with Crippen LogP contribution in [0.3, 0.4) is 0 Å². The summed E-state index contributed by atoms with van der Waals surface area (Å²) in [4.78, 5) is 22.1. The van der Waals surface area contributed by atoms with Crippen molar-refractivity contribution < 1.29 is 9.18 Å². The van der Waals surface area contributed by atoms with Crippen molar-refractivity contribution in [2.24, 2.45) is 0 Å². The van der Waals surface area contributed by atoms with Crippen LogP contribution in [0.4, 0.5) is 4.39 Å². The van der Waals surface area contributed by atoms with Crippen molar-refractivity contribution in [3.8, 4) is 10.6 Å². The molecule has 1 fully saturated rings. The first-order valence-corrected chi connectivity index (χ1v) is 9.04. The van der Waals surface area contributed by atoms with E-state index in [9.17, 15) is 9.18 Å². The SMILES string of the molecule is Cc1nc(-c2ccccc2F)sc1C(=O)N1CCN(C(C)C)CC1. The van der Waals surface area contributed by atoms with Gasteiger partial charge in [-0.25, -0.2) is 9.37 Å². The van der Waals surface area contributed by atoms with E-state index in [1.54, 1.807) is 18.2 Å². The molecule has 0 saturated carbocycles. The third-order valence-corrected chi connectivity index (χ3v) is 5.61. The molecular weight excluding hydrogens is 325 g/mol. The number of amides is 1. The fraction of sp³-hybridized carbons (Fsp3) is 0.444. The van der Waals surface area contributed by atoms with Crippen molar-refractivity contribution >= 4 is 17.2 Å². The minimum atomic E-state index is -0.309. The van der Waals surface area contributed by atoms with Crippen LogP contribution in [-0.4, -0.2) is 52.9 Å². The summed E-state index contributed by atoms with van der Waals surface area (Å²) in [6, 6.07) is 7.05. The first kappa shape index (κ1) is 17.0. The van der Waals surface area contributed by atoms with E-state index in [2.05, 4.69) is 23.7 Å². The summed E-state index contributed by atoms with van der Waals surface area (Å²) in [5.74, 6) is -0.299. The molecule has 0 spiro atoms. The van der Waals surface area contributed by atoms with E-state index in [4.69, 9.17) is 0 Å². The predicted octanol–water partition coefficient (Wildman–Crippen LogP) is 3.42. The second kappa shape index (κ2) is 6.99. The molecule has 2 heterocycles. The number of piperazine rings is 1. The van der Waals surface area contributed by atoms with Gasteiger partial charge in [0.25, 0.3) is 5.91 Å². The summed E-state index contributed by atoms with van der Waals surface area (Å²) in [6.07, 6.45) is 0. The van der Waals surface area contributed by atoms with Gasteiger partial charge in [-0.15, -0.1) is 11.3 Å². The van der Waals surface area contributed by atoms with E-state index in [0.29, 0.717) is 27.2 Å². The average molecular weight is 347 g/mol. The number of hydrogen-bond acceptors (Lipinski definition) is 4. The molecule has 4 nitrogen and oxygen atoms in total. The maximum absolute atomic E-state index is 14.0. The van der Waals surface area contributed by atoms with Gasteiger partial charge in [-0.3, -0.25) is 9.69 Å². The molecule has 0 radical (unpaired) electrons. The highest BCUT2D eigenvalue weighted by atomic mass is 32.1. The number of halogens is 1. The Balaban J connectivity index is 1.78. The van der Waals surface area contributed by atoms with Crippen LogP contribution in [0, 0.1) is 12.7 Å². The third kappa shape index (κ3) is 3.35. The molecule has 3 rings (SSSR count). The fourth-order valence-corrected chi connectivity index (χ4v) is 3.99. The van der Waals surface area contributed by atoms with Gasteiger partial charge in [-0.05, 0) is 32.9 Å². The lowest BCUT2D eigenvalue weighted by Crippen LogP contribution is -2.50. The van der Waals surface area contributed by atoms with Gasteiger partial charge in [-0.1, -0.05) is 12.1 Å². The Kier molecular flexibility index (Phi) is 4.96. The summed E-state index contributed by atoms with van der Waals surface area (Å²) in [7, 11) is 0. The van der Waals surface area contributed by atoms with Crippen LogP contribution in [0.15, 0.2) is 24.3 Å². The lowest BCUT2D eigenvalue weighted by Gasteiger charge is -2.36. The highest BCUT2D eigenvalue weighted by molar-refractivity contribution is 7.17. The average Bonchev–Trinajstić information content (AvgIpc) is 2.96. The molecule has 6 heteroatoms. The molecule has 1 aromatic heterocycles. The summed E-state index contributed by atoms with van der Waals surface area (Å²) in [5, 5.41) is 0.565. The van der Waals surface area contributed by atoms with Crippen molar-refractivity contribution in [3.05, 3.63) is 40.7 Å². The molecule has 0 bridgehead atoms.